The topological polar surface area (TPSA) is 70.1 Å². The molecule has 3 N–H and O–H groups in total. The van der Waals surface area contributed by atoms with Gasteiger partial charge in [-0.25, -0.2) is 9.97 Å². The Morgan fingerprint density at radius 2 is 1.94 bits per heavy atom. The molecule has 5 heteroatoms. The van der Waals surface area contributed by atoms with E-state index in [-0.39, 0.29) is 6.61 Å². The number of aromatic nitrogens is 2. The first kappa shape index (κ1) is 12.3. The summed E-state index contributed by atoms with van der Waals surface area (Å²) in [6.07, 6.45) is 1.70. The van der Waals surface area contributed by atoms with Crippen molar-refractivity contribution in [2.75, 3.05) is 30.8 Å². The van der Waals surface area contributed by atoms with E-state index in [0.717, 1.165) is 16.9 Å². The fraction of sp³-hybridized carbons (Fsp3) is 0.231. The molecule has 2 aromatic rings. The molecule has 0 aliphatic carbocycles. The third-order valence-corrected chi connectivity index (χ3v) is 2.52. The maximum Gasteiger partial charge on any atom is 0.223 e. The molecule has 1 aromatic carbocycles. The summed E-state index contributed by atoms with van der Waals surface area (Å²) in [5.74, 6) is 0.527. The summed E-state index contributed by atoms with van der Waals surface area (Å²) in [6.45, 7) is 0.507. The molecule has 0 aliphatic heterocycles. The van der Waals surface area contributed by atoms with Crippen molar-refractivity contribution in [2.24, 2.45) is 0 Å². The first-order valence-electron chi connectivity index (χ1n) is 5.79. The van der Waals surface area contributed by atoms with Crippen molar-refractivity contribution in [2.45, 2.75) is 0 Å². The molecule has 94 valence electrons. The highest BCUT2D eigenvalue weighted by Gasteiger charge is 2.01. The number of nitrogens with zero attached hydrogens (tertiary/aromatic N) is 2. The summed E-state index contributed by atoms with van der Waals surface area (Å²) in [7, 11) is 1.89. The number of anilines is 2. The molecule has 18 heavy (non-hydrogen) atoms. The van der Waals surface area contributed by atoms with E-state index in [2.05, 4.69) is 20.6 Å². The second-order valence-electron chi connectivity index (χ2n) is 3.74. The maximum absolute atomic E-state index is 8.75. The van der Waals surface area contributed by atoms with E-state index in [1.807, 2.05) is 37.4 Å². The molecule has 0 radical (unpaired) electrons. The van der Waals surface area contributed by atoms with Crippen molar-refractivity contribution >= 4 is 11.6 Å². The zero-order valence-electron chi connectivity index (χ0n) is 10.2. The molecular formula is C13H16N4O. The zero-order valence-corrected chi connectivity index (χ0v) is 10.2. The van der Waals surface area contributed by atoms with Crippen LogP contribution < -0.4 is 10.6 Å². The van der Waals surface area contributed by atoms with Crippen molar-refractivity contribution in [3.05, 3.63) is 36.5 Å². The predicted molar refractivity (Wildman–Crippen MR) is 72.6 cm³/mol. The van der Waals surface area contributed by atoms with Crippen LogP contribution in [0.5, 0.6) is 0 Å². The molecule has 1 heterocycles. The molecule has 5 nitrogen and oxygen atoms in total. The third-order valence-electron chi connectivity index (χ3n) is 2.52. The largest absolute Gasteiger partial charge is 0.395 e. The van der Waals surface area contributed by atoms with Crippen LogP contribution in [0, 0.1) is 0 Å². The third kappa shape index (κ3) is 2.95. The van der Waals surface area contributed by atoms with Crippen LogP contribution in [0.1, 0.15) is 0 Å². The van der Waals surface area contributed by atoms with Crippen molar-refractivity contribution in [1.82, 2.24) is 9.97 Å². The van der Waals surface area contributed by atoms with Gasteiger partial charge in [-0.2, -0.15) is 0 Å². The van der Waals surface area contributed by atoms with Crippen molar-refractivity contribution in [1.29, 1.82) is 0 Å². The highest BCUT2D eigenvalue weighted by Crippen LogP contribution is 2.19. The lowest BCUT2D eigenvalue weighted by molar-refractivity contribution is 0.311. The number of hydrogen-bond acceptors (Lipinski definition) is 5. The number of aliphatic hydroxyl groups is 1. The van der Waals surface area contributed by atoms with E-state index in [1.165, 1.54) is 0 Å². The minimum atomic E-state index is 0.0600. The smallest absolute Gasteiger partial charge is 0.223 e. The lowest BCUT2D eigenvalue weighted by Crippen LogP contribution is -2.08. The summed E-state index contributed by atoms with van der Waals surface area (Å²) in [5.41, 5.74) is 2.95. The first-order chi connectivity index (χ1) is 8.83. The Balaban J connectivity index is 2.20. The standard InChI is InChI=1S/C13H16N4O/c1-14-11-4-2-10(3-5-11)12-6-7-15-13(17-12)16-8-9-18/h2-7,14,18H,8-9H2,1H3,(H,15,16,17). The molecule has 0 spiro atoms. The quantitative estimate of drug-likeness (QED) is 0.745. The summed E-state index contributed by atoms with van der Waals surface area (Å²) in [6, 6.07) is 9.86. The van der Waals surface area contributed by atoms with Crippen molar-refractivity contribution in [3.63, 3.8) is 0 Å². The van der Waals surface area contributed by atoms with E-state index < -0.39 is 0 Å². The van der Waals surface area contributed by atoms with E-state index in [9.17, 15) is 0 Å². The second-order valence-corrected chi connectivity index (χ2v) is 3.74. The lowest BCUT2D eigenvalue weighted by Gasteiger charge is -2.06. The predicted octanol–water partition coefficient (Wildman–Crippen LogP) is 1.59. The van der Waals surface area contributed by atoms with Crippen LogP contribution in [0.4, 0.5) is 11.6 Å². The number of hydrogen-bond donors (Lipinski definition) is 3. The first-order valence-corrected chi connectivity index (χ1v) is 5.79. The SMILES string of the molecule is CNc1ccc(-c2ccnc(NCCO)n2)cc1. The summed E-state index contributed by atoms with van der Waals surface area (Å²) >= 11 is 0. The minimum absolute atomic E-state index is 0.0600. The Morgan fingerprint density at radius 3 is 2.61 bits per heavy atom. The van der Waals surface area contributed by atoms with Gasteiger partial charge < -0.3 is 15.7 Å². The summed E-state index contributed by atoms with van der Waals surface area (Å²) in [4.78, 5) is 8.47. The van der Waals surface area contributed by atoms with Gasteiger partial charge in [0.25, 0.3) is 0 Å². The lowest BCUT2D eigenvalue weighted by atomic mass is 10.1. The molecule has 0 saturated heterocycles. The van der Waals surface area contributed by atoms with Crippen LogP contribution in [-0.4, -0.2) is 35.3 Å². The molecule has 0 saturated carbocycles. The van der Waals surface area contributed by atoms with Gasteiger partial charge in [0.05, 0.1) is 12.3 Å². The molecule has 1 aromatic heterocycles. The minimum Gasteiger partial charge on any atom is -0.395 e. The number of benzene rings is 1. The van der Waals surface area contributed by atoms with Crippen LogP contribution in [0.15, 0.2) is 36.5 Å². The Hall–Kier alpha value is -2.14. The van der Waals surface area contributed by atoms with E-state index in [1.54, 1.807) is 6.20 Å². The molecule has 0 bridgehead atoms. The Kier molecular flexibility index (Phi) is 4.09. The van der Waals surface area contributed by atoms with Gasteiger partial charge in [-0.05, 0) is 18.2 Å². The van der Waals surface area contributed by atoms with Gasteiger partial charge >= 0.3 is 0 Å². The van der Waals surface area contributed by atoms with Gasteiger partial charge in [-0.1, -0.05) is 12.1 Å². The average molecular weight is 244 g/mol. The van der Waals surface area contributed by atoms with Gasteiger partial charge in [-0.3, -0.25) is 0 Å². The number of rotatable bonds is 5. The van der Waals surface area contributed by atoms with Gasteiger partial charge in [0.1, 0.15) is 0 Å². The second kappa shape index (κ2) is 5.97. The molecule has 0 atom stereocenters. The molecule has 0 amide bonds. The van der Waals surface area contributed by atoms with E-state index in [4.69, 9.17) is 5.11 Å². The van der Waals surface area contributed by atoms with Crippen molar-refractivity contribution in [3.8, 4) is 11.3 Å². The highest BCUT2D eigenvalue weighted by molar-refractivity contribution is 5.63. The van der Waals surface area contributed by atoms with Crippen LogP contribution in [0.3, 0.4) is 0 Å². The molecule has 2 rings (SSSR count). The number of nitrogens with one attached hydrogen (secondary N) is 2. The van der Waals surface area contributed by atoms with Gasteiger partial charge in [-0.15, -0.1) is 0 Å². The highest BCUT2D eigenvalue weighted by atomic mass is 16.3. The summed E-state index contributed by atoms with van der Waals surface area (Å²) < 4.78 is 0. The Morgan fingerprint density at radius 1 is 1.17 bits per heavy atom. The molecule has 0 aliphatic rings. The zero-order chi connectivity index (χ0) is 12.8. The monoisotopic (exact) mass is 244 g/mol. The molecular weight excluding hydrogens is 228 g/mol. The van der Waals surface area contributed by atoms with Gasteiger partial charge in [0.2, 0.25) is 5.95 Å². The summed E-state index contributed by atoms with van der Waals surface area (Å²) in [5, 5.41) is 14.8. The fourth-order valence-corrected chi connectivity index (χ4v) is 1.58. The Bertz CT molecular complexity index is 499. The van der Waals surface area contributed by atoms with Crippen LogP contribution in [0.25, 0.3) is 11.3 Å². The normalized spacial score (nSPS) is 10.1. The Labute approximate surface area is 106 Å². The van der Waals surface area contributed by atoms with Gasteiger partial charge in [0.15, 0.2) is 0 Å². The number of aliphatic hydroxyl groups excluding tert-OH is 1. The average Bonchev–Trinajstić information content (AvgIpc) is 2.45. The maximum atomic E-state index is 8.75. The van der Waals surface area contributed by atoms with E-state index >= 15 is 0 Å². The van der Waals surface area contributed by atoms with Crippen molar-refractivity contribution < 1.29 is 5.11 Å². The van der Waals surface area contributed by atoms with Crippen LogP contribution in [0.2, 0.25) is 0 Å². The van der Waals surface area contributed by atoms with Crippen LogP contribution >= 0.6 is 0 Å². The van der Waals surface area contributed by atoms with Crippen LogP contribution in [-0.2, 0) is 0 Å². The molecule has 0 fully saturated rings. The fourth-order valence-electron chi connectivity index (χ4n) is 1.58. The van der Waals surface area contributed by atoms with Gasteiger partial charge in [0, 0.05) is 31.0 Å². The molecule has 0 unspecified atom stereocenters. The van der Waals surface area contributed by atoms with E-state index in [0.29, 0.717) is 12.5 Å².